The number of halogens is 1. The summed E-state index contributed by atoms with van der Waals surface area (Å²) < 4.78 is 26.8. The Kier molecular flexibility index (Phi) is 8.60. The first kappa shape index (κ1) is 26.4. The van der Waals surface area contributed by atoms with E-state index in [0.29, 0.717) is 57.0 Å². The summed E-state index contributed by atoms with van der Waals surface area (Å²) in [7, 11) is 0. The van der Waals surface area contributed by atoms with Gasteiger partial charge in [-0.05, 0) is 79.1 Å². The van der Waals surface area contributed by atoms with E-state index in [1.807, 2.05) is 32.6 Å². The molecule has 9 heteroatoms. The predicted molar refractivity (Wildman–Crippen MR) is 132 cm³/mol. The minimum Gasteiger partial charge on any atom is -0.444 e. The fourth-order valence-electron chi connectivity index (χ4n) is 4.46. The van der Waals surface area contributed by atoms with Crippen LogP contribution in [0, 0.1) is 17.7 Å². The molecule has 0 radical (unpaired) electrons. The lowest BCUT2D eigenvalue weighted by atomic mass is 9.91. The molecule has 192 valence electrons. The van der Waals surface area contributed by atoms with E-state index in [4.69, 9.17) is 9.47 Å². The molecule has 1 atom stereocenters. The van der Waals surface area contributed by atoms with E-state index in [0.717, 1.165) is 25.7 Å². The minimum absolute atomic E-state index is 0.0755. The summed E-state index contributed by atoms with van der Waals surface area (Å²) in [6.07, 6.45) is 4.90. The number of aromatic nitrogens is 2. The Morgan fingerprint density at radius 2 is 1.97 bits per heavy atom. The maximum atomic E-state index is 15.3. The van der Waals surface area contributed by atoms with Gasteiger partial charge in [-0.1, -0.05) is 0 Å². The van der Waals surface area contributed by atoms with Crippen LogP contribution in [-0.4, -0.2) is 71.5 Å². The monoisotopic (exact) mass is 479 g/mol. The Labute approximate surface area is 203 Å². The number of hydrogen-bond donors (Lipinski definition) is 1. The predicted octanol–water partition coefficient (Wildman–Crippen LogP) is 4.71. The molecule has 2 aliphatic heterocycles. The van der Waals surface area contributed by atoms with Gasteiger partial charge in [-0.25, -0.2) is 14.8 Å². The van der Waals surface area contributed by atoms with Gasteiger partial charge in [0.2, 0.25) is 5.82 Å². The smallest absolute Gasteiger partial charge is 0.410 e. The average molecular weight is 480 g/mol. The maximum Gasteiger partial charge on any atom is 0.410 e. The molecule has 3 rings (SSSR count). The molecule has 1 unspecified atom stereocenters. The van der Waals surface area contributed by atoms with Gasteiger partial charge in [0, 0.05) is 32.7 Å². The van der Waals surface area contributed by atoms with Crippen LogP contribution in [0.4, 0.5) is 20.8 Å². The van der Waals surface area contributed by atoms with Gasteiger partial charge in [0.1, 0.15) is 11.9 Å². The highest BCUT2D eigenvalue weighted by Gasteiger charge is 2.30. The summed E-state index contributed by atoms with van der Waals surface area (Å²) in [4.78, 5) is 24.4. The molecule has 1 amide bonds. The van der Waals surface area contributed by atoms with Gasteiger partial charge in [-0.15, -0.1) is 0 Å². The van der Waals surface area contributed by atoms with Crippen molar-refractivity contribution in [1.82, 2.24) is 14.9 Å². The second-order valence-electron chi connectivity index (χ2n) is 11.2. The van der Waals surface area contributed by atoms with E-state index in [1.54, 1.807) is 4.90 Å². The zero-order valence-electron chi connectivity index (χ0n) is 21.7. The highest BCUT2D eigenvalue weighted by atomic mass is 19.1. The summed E-state index contributed by atoms with van der Waals surface area (Å²) in [5.41, 5.74) is -0.571. The number of rotatable bonds is 7. The van der Waals surface area contributed by atoms with E-state index in [9.17, 15) is 4.79 Å². The lowest BCUT2D eigenvalue weighted by Gasteiger charge is -2.37. The third-order valence-electron chi connectivity index (χ3n) is 6.62. The molecule has 8 nitrogen and oxygen atoms in total. The molecule has 34 heavy (non-hydrogen) atoms. The van der Waals surface area contributed by atoms with Crippen LogP contribution in [0.3, 0.4) is 0 Å². The van der Waals surface area contributed by atoms with Crippen LogP contribution in [0.25, 0.3) is 0 Å². The molecule has 0 aromatic carbocycles. The minimum atomic E-state index is -0.495. The largest absolute Gasteiger partial charge is 0.444 e. The number of anilines is 2. The lowest BCUT2D eigenvalue weighted by Crippen LogP contribution is -2.42. The summed E-state index contributed by atoms with van der Waals surface area (Å²) in [5, 5.41) is 3.19. The molecule has 0 bridgehead atoms. The zero-order valence-corrected chi connectivity index (χ0v) is 21.7. The molecule has 1 aromatic heterocycles. The standard InChI is InChI=1S/C25H42FN5O3/c1-7-30(15-19-8-11-25(5,6)33-16-19)22-20(26)21(28-17-29-22)27-14-18-9-12-31(13-10-18)23(32)34-24(2,3)4/h17-19H,7-16H2,1-6H3,(H,27,28,29). The number of nitrogens with one attached hydrogen (secondary N) is 1. The van der Waals surface area contributed by atoms with Gasteiger partial charge >= 0.3 is 6.09 Å². The van der Waals surface area contributed by atoms with Crippen LogP contribution in [-0.2, 0) is 9.47 Å². The second kappa shape index (κ2) is 11.1. The fraction of sp³-hybridized carbons (Fsp3) is 0.800. The van der Waals surface area contributed by atoms with Gasteiger partial charge in [-0.2, -0.15) is 4.39 Å². The fourth-order valence-corrected chi connectivity index (χ4v) is 4.46. The Balaban J connectivity index is 1.52. The SMILES string of the molecule is CCN(CC1CCC(C)(C)OC1)c1ncnc(NCC2CCN(C(=O)OC(C)(C)C)CC2)c1F. The van der Waals surface area contributed by atoms with E-state index >= 15 is 4.39 Å². The lowest BCUT2D eigenvalue weighted by molar-refractivity contribution is -0.0747. The number of carbonyl (C=O) groups is 1. The highest BCUT2D eigenvalue weighted by Crippen LogP contribution is 2.30. The van der Waals surface area contributed by atoms with Crippen molar-refractivity contribution in [1.29, 1.82) is 0 Å². The van der Waals surface area contributed by atoms with Crippen molar-refractivity contribution < 1.29 is 18.7 Å². The van der Waals surface area contributed by atoms with Crippen LogP contribution < -0.4 is 10.2 Å². The molecular formula is C25H42FN5O3. The molecule has 1 aromatic rings. The molecule has 2 fully saturated rings. The molecule has 0 saturated carbocycles. The van der Waals surface area contributed by atoms with Gasteiger partial charge in [0.15, 0.2) is 11.6 Å². The Morgan fingerprint density at radius 3 is 2.56 bits per heavy atom. The summed E-state index contributed by atoms with van der Waals surface area (Å²) in [6, 6.07) is 0. The van der Waals surface area contributed by atoms with Crippen LogP contribution in [0.5, 0.6) is 0 Å². The maximum absolute atomic E-state index is 15.3. The number of ether oxygens (including phenoxy) is 2. The quantitative estimate of drug-likeness (QED) is 0.607. The van der Waals surface area contributed by atoms with Crippen molar-refractivity contribution in [2.24, 2.45) is 11.8 Å². The van der Waals surface area contributed by atoms with Crippen LogP contribution >= 0.6 is 0 Å². The first-order valence-electron chi connectivity index (χ1n) is 12.6. The van der Waals surface area contributed by atoms with Gasteiger partial charge < -0.3 is 24.6 Å². The van der Waals surface area contributed by atoms with Gasteiger partial charge in [0.25, 0.3) is 0 Å². The summed E-state index contributed by atoms with van der Waals surface area (Å²) in [5.74, 6) is 0.853. The van der Waals surface area contributed by atoms with Crippen molar-refractivity contribution >= 4 is 17.7 Å². The topological polar surface area (TPSA) is 79.8 Å². The molecule has 1 N–H and O–H groups in total. The van der Waals surface area contributed by atoms with Crippen molar-refractivity contribution in [3.05, 3.63) is 12.1 Å². The molecule has 3 heterocycles. The number of piperidine rings is 1. The highest BCUT2D eigenvalue weighted by molar-refractivity contribution is 5.68. The zero-order chi connectivity index (χ0) is 24.9. The van der Waals surface area contributed by atoms with Crippen LogP contribution in [0.15, 0.2) is 6.33 Å². The Bertz CT molecular complexity index is 811. The average Bonchev–Trinajstić information content (AvgIpc) is 2.77. The van der Waals surface area contributed by atoms with Crippen molar-refractivity contribution in [2.45, 2.75) is 78.4 Å². The molecule has 0 aliphatic carbocycles. The van der Waals surface area contributed by atoms with Crippen molar-refractivity contribution in [3.63, 3.8) is 0 Å². The van der Waals surface area contributed by atoms with E-state index in [-0.39, 0.29) is 17.5 Å². The molecular weight excluding hydrogens is 437 g/mol. The van der Waals surface area contributed by atoms with Gasteiger partial charge in [0.05, 0.1) is 12.2 Å². The van der Waals surface area contributed by atoms with E-state index in [1.165, 1.54) is 6.33 Å². The number of likely N-dealkylation sites (tertiary alicyclic amines) is 1. The third kappa shape index (κ3) is 7.42. The van der Waals surface area contributed by atoms with Crippen molar-refractivity contribution in [3.8, 4) is 0 Å². The Hall–Kier alpha value is -2.16. The molecule has 0 spiro atoms. The van der Waals surface area contributed by atoms with Gasteiger partial charge in [-0.3, -0.25) is 0 Å². The normalized spacial score (nSPS) is 21.3. The molecule has 2 aliphatic rings. The number of amides is 1. The number of carbonyl (C=O) groups excluding carboxylic acids is 1. The summed E-state index contributed by atoms with van der Waals surface area (Å²) >= 11 is 0. The van der Waals surface area contributed by atoms with E-state index in [2.05, 4.69) is 29.1 Å². The Morgan fingerprint density at radius 1 is 1.26 bits per heavy atom. The third-order valence-corrected chi connectivity index (χ3v) is 6.62. The van der Waals surface area contributed by atoms with Crippen LogP contribution in [0.1, 0.15) is 67.2 Å². The number of nitrogens with zero attached hydrogens (tertiary/aromatic N) is 4. The summed E-state index contributed by atoms with van der Waals surface area (Å²) in [6.45, 7) is 15.8. The van der Waals surface area contributed by atoms with Crippen molar-refractivity contribution in [2.75, 3.05) is 49.5 Å². The number of hydrogen-bond acceptors (Lipinski definition) is 7. The first-order chi connectivity index (χ1) is 16.0. The second-order valence-corrected chi connectivity index (χ2v) is 11.2. The van der Waals surface area contributed by atoms with E-state index < -0.39 is 11.4 Å². The first-order valence-corrected chi connectivity index (χ1v) is 12.6. The molecule has 2 saturated heterocycles. The van der Waals surface area contributed by atoms with Crippen LogP contribution in [0.2, 0.25) is 0 Å².